The third-order valence-corrected chi connectivity index (χ3v) is 4.68. The van der Waals surface area contributed by atoms with E-state index in [1.165, 1.54) is 17.8 Å². The second-order valence-corrected chi connectivity index (χ2v) is 7.34. The summed E-state index contributed by atoms with van der Waals surface area (Å²) in [6, 6.07) is 10.4. The van der Waals surface area contributed by atoms with E-state index in [0.29, 0.717) is 16.8 Å². The summed E-state index contributed by atoms with van der Waals surface area (Å²) in [5.74, 6) is 1.15. The third-order valence-electron chi connectivity index (χ3n) is 3.71. The Morgan fingerprint density at radius 3 is 2.63 bits per heavy atom. The highest BCUT2D eigenvalue weighted by molar-refractivity contribution is 7.99. The van der Waals surface area contributed by atoms with Crippen LogP contribution in [0.3, 0.4) is 0 Å². The molecule has 0 saturated carbocycles. The van der Waals surface area contributed by atoms with E-state index in [2.05, 4.69) is 34.3 Å². The van der Waals surface area contributed by atoms with Gasteiger partial charge in [0.1, 0.15) is 5.75 Å². The highest BCUT2D eigenvalue weighted by atomic mass is 32.2. The molecule has 0 aliphatic carbocycles. The number of phenolic OH excluding ortho intramolecular Hbond substituents is 1. The zero-order valence-corrected chi connectivity index (χ0v) is 16.0. The summed E-state index contributed by atoms with van der Waals surface area (Å²) < 4.78 is 2.03. The number of hydrogen-bond donors (Lipinski definition) is 2. The quantitative estimate of drug-likeness (QED) is 0.480. The van der Waals surface area contributed by atoms with Gasteiger partial charge in [0.05, 0.1) is 11.4 Å². The summed E-state index contributed by atoms with van der Waals surface area (Å²) in [6.45, 7) is 4.99. The Bertz CT molecular complexity index is 911. The number of nitrogens with zero attached hydrogens (tertiary/aromatic N) is 4. The van der Waals surface area contributed by atoms with Crippen LogP contribution in [0.15, 0.2) is 53.9 Å². The van der Waals surface area contributed by atoms with Gasteiger partial charge in [-0.3, -0.25) is 9.78 Å². The molecule has 2 heterocycles. The van der Waals surface area contributed by atoms with E-state index in [4.69, 9.17) is 0 Å². The van der Waals surface area contributed by atoms with Crippen molar-refractivity contribution in [2.75, 3.05) is 11.1 Å². The second kappa shape index (κ2) is 8.68. The lowest BCUT2D eigenvalue weighted by molar-refractivity contribution is -0.113. The molecular formula is C19H21N5O2S. The fourth-order valence-corrected chi connectivity index (χ4v) is 3.28. The standard InChI is InChI=1S/C19H21N5O2S/c1-13(2)11-24-18(14-7-9-20-10-8-14)22-23-19(24)27-12-17(26)21-15-5-3-4-6-16(15)25/h3-10,13,25H,11-12H2,1-2H3,(H,21,26). The number of para-hydroxylation sites is 2. The van der Waals surface area contributed by atoms with Crippen LogP contribution in [0.2, 0.25) is 0 Å². The Hall–Kier alpha value is -2.87. The number of nitrogens with one attached hydrogen (secondary N) is 1. The number of pyridine rings is 1. The molecule has 0 aliphatic rings. The van der Waals surface area contributed by atoms with Crippen molar-refractivity contribution in [3.63, 3.8) is 0 Å². The largest absolute Gasteiger partial charge is 0.506 e. The van der Waals surface area contributed by atoms with E-state index in [1.807, 2.05) is 16.7 Å². The maximum atomic E-state index is 12.2. The normalized spacial score (nSPS) is 10.9. The zero-order valence-electron chi connectivity index (χ0n) is 15.2. The summed E-state index contributed by atoms with van der Waals surface area (Å²) in [7, 11) is 0. The fraction of sp³-hybridized carbons (Fsp3) is 0.263. The van der Waals surface area contributed by atoms with Crippen LogP contribution in [0, 0.1) is 5.92 Å². The van der Waals surface area contributed by atoms with E-state index in [-0.39, 0.29) is 17.4 Å². The van der Waals surface area contributed by atoms with E-state index in [9.17, 15) is 9.90 Å². The summed E-state index contributed by atoms with van der Waals surface area (Å²) in [5.41, 5.74) is 1.33. The monoisotopic (exact) mass is 383 g/mol. The van der Waals surface area contributed by atoms with Gasteiger partial charge in [0.2, 0.25) is 5.91 Å². The number of hydrogen-bond acceptors (Lipinski definition) is 6. The molecule has 0 saturated heterocycles. The highest BCUT2D eigenvalue weighted by Crippen LogP contribution is 2.26. The van der Waals surface area contributed by atoms with Crippen LogP contribution in [-0.4, -0.2) is 36.5 Å². The minimum Gasteiger partial charge on any atom is -0.506 e. The van der Waals surface area contributed by atoms with Crippen LogP contribution in [0.4, 0.5) is 5.69 Å². The number of phenols is 1. The van der Waals surface area contributed by atoms with Crippen molar-refractivity contribution >= 4 is 23.4 Å². The maximum Gasteiger partial charge on any atom is 0.234 e. The predicted molar refractivity (Wildman–Crippen MR) is 106 cm³/mol. The Morgan fingerprint density at radius 2 is 1.93 bits per heavy atom. The van der Waals surface area contributed by atoms with Crippen molar-refractivity contribution in [3.8, 4) is 17.1 Å². The van der Waals surface area contributed by atoms with Crippen molar-refractivity contribution in [2.24, 2.45) is 5.92 Å². The number of aromatic nitrogens is 4. The van der Waals surface area contributed by atoms with Crippen molar-refractivity contribution < 1.29 is 9.90 Å². The van der Waals surface area contributed by atoms with Gasteiger partial charge in [-0.15, -0.1) is 10.2 Å². The molecule has 0 radical (unpaired) electrons. The molecule has 0 aliphatic heterocycles. The lowest BCUT2D eigenvalue weighted by Crippen LogP contribution is -2.15. The van der Waals surface area contributed by atoms with E-state index in [0.717, 1.165) is 17.9 Å². The molecule has 3 rings (SSSR count). The van der Waals surface area contributed by atoms with Gasteiger partial charge >= 0.3 is 0 Å². The van der Waals surface area contributed by atoms with Gasteiger partial charge in [-0.05, 0) is 30.2 Å². The van der Waals surface area contributed by atoms with Crippen molar-refractivity contribution in [1.82, 2.24) is 19.7 Å². The number of anilines is 1. The van der Waals surface area contributed by atoms with Crippen molar-refractivity contribution in [1.29, 1.82) is 0 Å². The molecular weight excluding hydrogens is 362 g/mol. The summed E-state index contributed by atoms with van der Waals surface area (Å²) in [6.07, 6.45) is 3.44. The van der Waals surface area contributed by atoms with Crippen LogP contribution >= 0.6 is 11.8 Å². The number of thioether (sulfide) groups is 1. The van der Waals surface area contributed by atoms with Crippen LogP contribution < -0.4 is 5.32 Å². The van der Waals surface area contributed by atoms with Gasteiger partial charge in [-0.2, -0.15) is 0 Å². The number of rotatable bonds is 7. The van der Waals surface area contributed by atoms with Crippen LogP contribution in [-0.2, 0) is 11.3 Å². The first-order valence-electron chi connectivity index (χ1n) is 8.59. The smallest absolute Gasteiger partial charge is 0.234 e. The number of carbonyl (C=O) groups excluding carboxylic acids is 1. The molecule has 0 atom stereocenters. The molecule has 140 valence electrons. The minimum atomic E-state index is -0.217. The number of benzene rings is 1. The van der Waals surface area contributed by atoms with Gasteiger partial charge in [-0.25, -0.2) is 0 Å². The fourth-order valence-electron chi connectivity index (χ4n) is 2.54. The van der Waals surface area contributed by atoms with Gasteiger partial charge in [0, 0.05) is 24.5 Å². The zero-order chi connectivity index (χ0) is 19.2. The van der Waals surface area contributed by atoms with E-state index >= 15 is 0 Å². The first-order chi connectivity index (χ1) is 13.0. The molecule has 27 heavy (non-hydrogen) atoms. The highest BCUT2D eigenvalue weighted by Gasteiger charge is 2.17. The molecule has 3 aromatic rings. The molecule has 1 aromatic carbocycles. The first kappa shape index (κ1) is 18.9. The lowest BCUT2D eigenvalue weighted by Gasteiger charge is -2.12. The van der Waals surface area contributed by atoms with Crippen molar-refractivity contribution in [2.45, 2.75) is 25.5 Å². The van der Waals surface area contributed by atoms with Crippen molar-refractivity contribution in [3.05, 3.63) is 48.8 Å². The Kier molecular flexibility index (Phi) is 6.08. The molecule has 7 nitrogen and oxygen atoms in total. The molecule has 2 N–H and O–H groups in total. The van der Waals surface area contributed by atoms with Crippen LogP contribution in [0.25, 0.3) is 11.4 Å². The summed E-state index contributed by atoms with van der Waals surface area (Å²) >= 11 is 1.32. The first-order valence-corrected chi connectivity index (χ1v) is 9.57. The topological polar surface area (TPSA) is 92.9 Å². The third kappa shape index (κ3) is 4.85. The molecule has 0 bridgehead atoms. The molecule has 1 amide bonds. The predicted octanol–water partition coefficient (Wildman–Crippen LogP) is 3.43. The minimum absolute atomic E-state index is 0.0406. The van der Waals surface area contributed by atoms with Crippen LogP contribution in [0.5, 0.6) is 5.75 Å². The second-order valence-electron chi connectivity index (χ2n) is 6.40. The Balaban J connectivity index is 1.73. The van der Waals surface area contributed by atoms with Gasteiger partial charge in [-0.1, -0.05) is 37.7 Å². The van der Waals surface area contributed by atoms with Crippen LogP contribution in [0.1, 0.15) is 13.8 Å². The number of carbonyl (C=O) groups is 1. The Labute approximate surface area is 161 Å². The molecule has 0 spiro atoms. The average Bonchev–Trinajstić information content (AvgIpc) is 3.04. The molecule has 2 aromatic heterocycles. The number of aromatic hydroxyl groups is 1. The average molecular weight is 383 g/mol. The molecule has 0 fully saturated rings. The summed E-state index contributed by atoms with van der Waals surface area (Å²) in [5, 5.41) is 21.7. The molecule has 0 unspecified atom stereocenters. The molecule has 8 heteroatoms. The van der Waals surface area contributed by atoms with Gasteiger partial charge in [0.15, 0.2) is 11.0 Å². The van der Waals surface area contributed by atoms with E-state index in [1.54, 1.807) is 30.6 Å². The Morgan fingerprint density at radius 1 is 1.19 bits per heavy atom. The van der Waals surface area contributed by atoms with Gasteiger partial charge < -0.3 is 15.0 Å². The van der Waals surface area contributed by atoms with Gasteiger partial charge in [0.25, 0.3) is 0 Å². The SMILES string of the molecule is CC(C)Cn1c(SCC(=O)Nc2ccccc2O)nnc1-c1ccncc1. The maximum absolute atomic E-state index is 12.2. The number of amides is 1. The summed E-state index contributed by atoms with van der Waals surface area (Å²) in [4.78, 5) is 16.3. The lowest BCUT2D eigenvalue weighted by atomic mass is 10.2. The van der Waals surface area contributed by atoms with E-state index < -0.39 is 0 Å².